The first-order valence-electron chi connectivity index (χ1n) is 9.60. The lowest BCUT2D eigenvalue weighted by molar-refractivity contribution is -0.147. The molecule has 0 bridgehead atoms. The molecule has 1 saturated heterocycles. The highest BCUT2D eigenvalue weighted by Crippen LogP contribution is 2.21. The summed E-state index contributed by atoms with van der Waals surface area (Å²) in [5, 5.41) is 0. The summed E-state index contributed by atoms with van der Waals surface area (Å²) in [6, 6.07) is -0.812. The second kappa shape index (κ2) is 9.46. The monoisotopic (exact) mass is 382 g/mol. The van der Waals surface area contributed by atoms with Crippen LogP contribution in [0.15, 0.2) is 11.0 Å². The number of ether oxygens (including phenoxy) is 2. The summed E-state index contributed by atoms with van der Waals surface area (Å²) in [5.41, 5.74) is 0.330. The molecule has 6 nitrogen and oxygen atoms in total. The number of halogens is 1. The maximum absolute atomic E-state index is 14.6. The molecular weight excluding hydrogens is 351 g/mol. The fourth-order valence-corrected chi connectivity index (χ4v) is 3.36. The molecule has 0 amide bonds. The minimum absolute atomic E-state index is 0.159. The minimum atomic E-state index is -0.812. The Morgan fingerprint density at radius 1 is 1.37 bits per heavy atom. The highest BCUT2D eigenvalue weighted by atomic mass is 19.1. The van der Waals surface area contributed by atoms with Gasteiger partial charge < -0.3 is 9.47 Å². The second-order valence-corrected chi connectivity index (χ2v) is 7.57. The summed E-state index contributed by atoms with van der Waals surface area (Å²) in [6.45, 7) is 9.94. The van der Waals surface area contributed by atoms with E-state index in [1.807, 2.05) is 13.8 Å². The minimum Gasteiger partial charge on any atom is -0.464 e. The summed E-state index contributed by atoms with van der Waals surface area (Å²) < 4.78 is 26.2. The summed E-state index contributed by atoms with van der Waals surface area (Å²) >= 11 is 0. The fraction of sp³-hybridized carbons (Fsp3) is 0.700. The number of nitrogens with zero attached hydrogens (tertiary/aromatic N) is 2. The first-order chi connectivity index (χ1) is 12.8. The number of hydrogen-bond donors (Lipinski definition) is 0. The van der Waals surface area contributed by atoms with Crippen molar-refractivity contribution in [1.82, 2.24) is 9.47 Å². The van der Waals surface area contributed by atoms with Gasteiger partial charge in [0, 0.05) is 32.9 Å². The molecule has 1 unspecified atom stereocenters. The van der Waals surface area contributed by atoms with Gasteiger partial charge in [0.2, 0.25) is 0 Å². The Morgan fingerprint density at radius 3 is 2.59 bits per heavy atom. The first-order valence-corrected chi connectivity index (χ1v) is 9.60. The Morgan fingerprint density at radius 2 is 2.04 bits per heavy atom. The molecule has 1 aromatic heterocycles. The second-order valence-electron chi connectivity index (χ2n) is 7.57. The molecule has 7 heteroatoms. The van der Waals surface area contributed by atoms with Crippen molar-refractivity contribution in [1.29, 1.82) is 0 Å². The van der Waals surface area contributed by atoms with Gasteiger partial charge in [-0.15, -0.1) is 0 Å². The van der Waals surface area contributed by atoms with Gasteiger partial charge in [0.25, 0.3) is 5.56 Å². The van der Waals surface area contributed by atoms with Gasteiger partial charge in [-0.2, -0.15) is 0 Å². The lowest BCUT2D eigenvalue weighted by Gasteiger charge is -2.38. The average molecular weight is 382 g/mol. The number of carbonyl (C=O) groups is 1. The molecule has 1 aromatic rings. The number of hydrogen-bond acceptors (Lipinski definition) is 5. The number of aromatic nitrogens is 1. The van der Waals surface area contributed by atoms with Gasteiger partial charge in [0.1, 0.15) is 6.04 Å². The Balaban J connectivity index is 2.27. The van der Waals surface area contributed by atoms with Gasteiger partial charge >= 0.3 is 5.97 Å². The summed E-state index contributed by atoms with van der Waals surface area (Å²) in [4.78, 5) is 27.1. The van der Waals surface area contributed by atoms with Gasteiger partial charge in [-0.05, 0) is 43.7 Å². The van der Waals surface area contributed by atoms with Crippen molar-refractivity contribution in [2.75, 3.05) is 33.4 Å². The zero-order chi connectivity index (χ0) is 20.1. The average Bonchev–Trinajstić information content (AvgIpc) is 2.58. The maximum Gasteiger partial charge on any atom is 0.329 e. The fourth-order valence-electron chi connectivity index (χ4n) is 3.36. The zero-order valence-electron chi connectivity index (χ0n) is 17.0. The van der Waals surface area contributed by atoms with Crippen LogP contribution < -0.4 is 5.56 Å². The summed E-state index contributed by atoms with van der Waals surface area (Å²) in [6.07, 6.45) is 2.92. The van der Waals surface area contributed by atoms with Crippen LogP contribution in [0.4, 0.5) is 4.39 Å². The van der Waals surface area contributed by atoms with Crippen LogP contribution in [0.3, 0.4) is 0 Å². The highest BCUT2D eigenvalue weighted by molar-refractivity contribution is 5.74. The Kier molecular flexibility index (Phi) is 7.56. The SMILES string of the molecule is CCOC(=O)C(CC(C)C)n1cc(CCN2CC(OC)C2)c(C)c(F)c1=O. The molecule has 0 spiro atoms. The normalized spacial score (nSPS) is 16.4. The molecule has 0 radical (unpaired) electrons. The standard InChI is InChI=1S/C20H31FN2O4/c1-6-27-20(25)17(9-13(2)3)23-10-15(14(4)18(21)19(23)24)7-8-22-11-16(12-22)26-5/h10,13,16-17H,6-9,11-12H2,1-5H3. The Hall–Kier alpha value is -1.73. The van der Waals surface area contributed by atoms with Crippen molar-refractivity contribution >= 4 is 5.97 Å². The molecule has 1 aliphatic rings. The quantitative estimate of drug-likeness (QED) is 0.614. The van der Waals surface area contributed by atoms with Gasteiger partial charge in [0.15, 0.2) is 5.82 Å². The van der Waals surface area contributed by atoms with Crippen LogP contribution in [0.2, 0.25) is 0 Å². The van der Waals surface area contributed by atoms with Crippen molar-refractivity contribution in [2.24, 2.45) is 5.92 Å². The molecule has 0 saturated carbocycles. The molecular formula is C20H31FN2O4. The van der Waals surface area contributed by atoms with E-state index >= 15 is 0 Å². The van der Waals surface area contributed by atoms with Crippen LogP contribution >= 0.6 is 0 Å². The lowest BCUT2D eigenvalue weighted by atomic mass is 10.0. The number of pyridine rings is 1. The number of esters is 1. The van der Waals surface area contributed by atoms with Gasteiger partial charge in [-0.1, -0.05) is 13.8 Å². The van der Waals surface area contributed by atoms with E-state index in [2.05, 4.69) is 4.90 Å². The third-order valence-corrected chi connectivity index (χ3v) is 5.07. The molecule has 1 fully saturated rings. The van der Waals surface area contributed by atoms with Gasteiger partial charge in [-0.3, -0.25) is 14.3 Å². The Bertz CT molecular complexity index is 711. The van der Waals surface area contributed by atoms with Crippen molar-refractivity contribution in [3.8, 4) is 0 Å². The molecule has 152 valence electrons. The molecule has 1 atom stereocenters. The molecule has 0 N–H and O–H groups in total. The van der Waals surface area contributed by atoms with Crippen LogP contribution in [0, 0.1) is 18.7 Å². The van der Waals surface area contributed by atoms with Crippen LogP contribution in [-0.4, -0.2) is 54.9 Å². The predicted molar refractivity (Wildman–Crippen MR) is 101 cm³/mol. The Labute approximate surface area is 160 Å². The third kappa shape index (κ3) is 5.17. The van der Waals surface area contributed by atoms with Gasteiger partial charge in [-0.25, -0.2) is 9.18 Å². The van der Waals surface area contributed by atoms with Crippen molar-refractivity contribution in [3.63, 3.8) is 0 Å². The molecule has 27 heavy (non-hydrogen) atoms. The van der Waals surface area contributed by atoms with Crippen LogP contribution in [-0.2, 0) is 20.7 Å². The van der Waals surface area contributed by atoms with E-state index < -0.39 is 23.4 Å². The smallest absolute Gasteiger partial charge is 0.329 e. The third-order valence-electron chi connectivity index (χ3n) is 5.07. The zero-order valence-corrected chi connectivity index (χ0v) is 17.0. The van der Waals surface area contributed by atoms with Crippen molar-refractivity contribution < 1.29 is 18.7 Å². The van der Waals surface area contributed by atoms with Crippen molar-refractivity contribution in [2.45, 2.75) is 52.7 Å². The van der Waals surface area contributed by atoms with E-state index in [0.717, 1.165) is 25.2 Å². The number of carbonyl (C=O) groups excluding carboxylic acids is 1. The summed E-state index contributed by atoms with van der Waals surface area (Å²) in [5.74, 6) is -1.12. The molecule has 1 aliphatic heterocycles. The molecule has 2 heterocycles. The lowest BCUT2D eigenvalue weighted by Crippen LogP contribution is -2.52. The van der Waals surface area contributed by atoms with Gasteiger partial charge in [0.05, 0.1) is 12.7 Å². The van der Waals surface area contributed by atoms with E-state index in [-0.39, 0.29) is 18.6 Å². The van der Waals surface area contributed by atoms with Crippen molar-refractivity contribution in [3.05, 3.63) is 33.5 Å². The maximum atomic E-state index is 14.6. The number of likely N-dealkylation sites (tertiary alicyclic amines) is 1. The highest BCUT2D eigenvalue weighted by Gasteiger charge is 2.28. The van der Waals surface area contributed by atoms with E-state index in [4.69, 9.17) is 9.47 Å². The summed E-state index contributed by atoms with van der Waals surface area (Å²) in [7, 11) is 1.70. The van der Waals surface area contributed by atoms with Crippen LogP contribution in [0.1, 0.15) is 44.4 Å². The van der Waals surface area contributed by atoms with E-state index in [9.17, 15) is 14.0 Å². The predicted octanol–water partition coefficient (Wildman–Crippen LogP) is 2.32. The largest absolute Gasteiger partial charge is 0.464 e. The first kappa shape index (κ1) is 21.6. The number of rotatable bonds is 9. The van der Waals surface area contributed by atoms with E-state index in [1.54, 1.807) is 27.2 Å². The molecule has 2 rings (SSSR count). The topological polar surface area (TPSA) is 60.8 Å². The van der Waals surface area contributed by atoms with Crippen LogP contribution in [0.5, 0.6) is 0 Å². The van der Waals surface area contributed by atoms with E-state index in [0.29, 0.717) is 18.4 Å². The molecule has 0 aromatic carbocycles. The van der Waals surface area contributed by atoms with E-state index in [1.165, 1.54) is 4.57 Å². The number of methoxy groups -OCH3 is 1. The van der Waals surface area contributed by atoms with Crippen LogP contribution in [0.25, 0.3) is 0 Å². The molecule has 0 aliphatic carbocycles.